The lowest BCUT2D eigenvalue weighted by molar-refractivity contribution is -0.141. The Hall–Kier alpha value is -1.25. The molecule has 1 fully saturated rings. The number of rotatable bonds is 4. The minimum Gasteiger partial charge on any atom is -0.339 e. The fourth-order valence-corrected chi connectivity index (χ4v) is 5.06. The Morgan fingerprint density at radius 3 is 2.44 bits per heavy atom. The first-order valence-electron chi connectivity index (χ1n) is 8.19. The summed E-state index contributed by atoms with van der Waals surface area (Å²) in [6.07, 6.45) is 0.321. The van der Waals surface area contributed by atoms with Crippen LogP contribution in [0.1, 0.15) is 19.5 Å². The molecule has 0 aliphatic carbocycles. The largest absolute Gasteiger partial charge is 0.339 e. The van der Waals surface area contributed by atoms with Crippen molar-refractivity contribution >= 4 is 50.4 Å². The van der Waals surface area contributed by atoms with Crippen LogP contribution in [-0.4, -0.2) is 52.8 Å². The van der Waals surface area contributed by atoms with E-state index < -0.39 is 0 Å². The molecule has 3 heterocycles. The van der Waals surface area contributed by atoms with Crippen LogP contribution in [0, 0.1) is 5.92 Å². The van der Waals surface area contributed by atoms with Gasteiger partial charge >= 0.3 is 0 Å². The van der Waals surface area contributed by atoms with E-state index in [1.807, 2.05) is 40.5 Å². The molecule has 1 aliphatic rings. The highest BCUT2D eigenvalue weighted by atomic mass is 79.9. The third-order valence-corrected chi connectivity index (χ3v) is 6.85. The standard InChI is InChI=1S/C17H20BrN3O2S2/c1-11(2)17(23)21-5-3-20(4-6-21)15(22)8-13-10-25-16(19-13)14-7-12(18)9-24-14/h7,9-11H,3-6,8H2,1-2H3. The minimum absolute atomic E-state index is 0.00738. The predicted octanol–water partition coefficient (Wildman–Crippen LogP) is 3.50. The van der Waals surface area contributed by atoms with Crippen molar-refractivity contribution in [1.29, 1.82) is 0 Å². The Balaban J connectivity index is 1.55. The van der Waals surface area contributed by atoms with E-state index in [0.29, 0.717) is 32.6 Å². The molecule has 134 valence electrons. The molecule has 25 heavy (non-hydrogen) atoms. The minimum atomic E-state index is 0.00738. The maximum Gasteiger partial charge on any atom is 0.228 e. The van der Waals surface area contributed by atoms with Gasteiger partial charge < -0.3 is 9.80 Å². The molecule has 0 atom stereocenters. The summed E-state index contributed by atoms with van der Waals surface area (Å²) in [5.41, 5.74) is 0.815. The molecule has 2 amide bonds. The predicted molar refractivity (Wildman–Crippen MR) is 105 cm³/mol. The zero-order valence-electron chi connectivity index (χ0n) is 14.2. The van der Waals surface area contributed by atoms with E-state index >= 15 is 0 Å². The van der Waals surface area contributed by atoms with Crippen LogP contribution in [0.4, 0.5) is 0 Å². The van der Waals surface area contributed by atoms with E-state index in [2.05, 4.69) is 20.9 Å². The molecule has 0 radical (unpaired) electrons. The zero-order chi connectivity index (χ0) is 18.0. The van der Waals surface area contributed by atoms with Gasteiger partial charge in [0.05, 0.1) is 17.0 Å². The number of thiazole rings is 1. The first-order valence-corrected chi connectivity index (χ1v) is 10.7. The molecule has 0 bridgehead atoms. The summed E-state index contributed by atoms with van der Waals surface area (Å²) in [4.78, 5) is 33.9. The average molecular weight is 442 g/mol. The van der Waals surface area contributed by atoms with Crippen LogP contribution in [0.3, 0.4) is 0 Å². The number of carbonyl (C=O) groups is 2. The summed E-state index contributed by atoms with van der Waals surface area (Å²) in [6, 6.07) is 2.04. The second-order valence-electron chi connectivity index (χ2n) is 6.31. The van der Waals surface area contributed by atoms with Crippen LogP contribution in [-0.2, 0) is 16.0 Å². The Bertz CT molecular complexity index is 764. The summed E-state index contributed by atoms with van der Waals surface area (Å²) in [6.45, 7) is 6.26. The van der Waals surface area contributed by atoms with Crippen molar-refractivity contribution in [1.82, 2.24) is 14.8 Å². The molecule has 3 rings (SSSR count). The van der Waals surface area contributed by atoms with E-state index in [-0.39, 0.29) is 17.7 Å². The van der Waals surface area contributed by atoms with Crippen molar-refractivity contribution in [3.8, 4) is 9.88 Å². The van der Waals surface area contributed by atoms with Crippen LogP contribution >= 0.6 is 38.6 Å². The Morgan fingerprint density at radius 1 is 1.16 bits per heavy atom. The van der Waals surface area contributed by atoms with Crippen LogP contribution in [0.5, 0.6) is 0 Å². The maximum atomic E-state index is 12.5. The molecule has 0 aromatic carbocycles. The van der Waals surface area contributed by atoms with Crippen LogP contribution < -0.4 is 0 Å². The Kier molecular flexibility index (Phi) is 5.91. The molecule has 8 heteroatoms. The Labute approximate surface area is 163 Å². The SMILES string of the molecule is CC(C)C(=O)N1CCN(C(=O)Cc2csc(-c3cc(Br)cs3)n2)CC1. The van der Waals surface area contributed by atoms with Crippen molar-refractivity contribution in [3.63, 3.8) is 0 Å². The molecule has 0 unspecified atom stereocenters. The smallest absolute Gasteiger partial charge is 0.228 e. The number of carbonyl (C=O) groups excluding carboxylic acids is 2. The fourth-order valence-electron chi connectivity index (χ4n) is 2.73. The third-order valence-electron chi connectivity index (χ3n) is 4.10. The molecular formula is C17H20BrN3O2S2. The summed E-state index contributed by atoms with van der Waals surface area (Å²) < 4.78 is 1.05. The molecular weight excluding hydrogens is 422 g/mol. The van der Waals surface area contributed by atoms with E-state index in [0.717, 1.165) is 20.1 Å². The monoisotopic (exact) mass is 441 g/mol. The summed E-state index contributed by atoms with van der Waals surface area (Å²) >= 11 is 6.65. The molecule has 0 saturated carbocycles. The zero-order valence-corrected chi connectivity index (χ0v) is 17.4. The van der Waals surface area contributed by atoms with E-state index in [9.17, 15) is 9.59 Å². The van der Waals surface area contributed by atoms with E-state index in [1.165, 1.54) is 0 Å². The second-order valence-corrected chi connectivity index (χ2v) is 9.00. The second kappa shape index (κ2) is 7.97. The Morgan fingerprint density at radius 2 is 1.84 bits per heavy atom. The summed E-state index contributed by atoms with van der Waals surface area (Å²) in [7, 11) is 0. The quantitative estimate of drug-likeness (QED) is 0.729. The van der Waals surface area contributed by atoms with Crippen molar-refractivity contribution in [2.24, 2.45) is 5.92 Å². The van der Waals surface area contributed by atoms with Gasteiger partial charge in [0.1, 0.15) is 5.01 Å². The van der Waals surface area contributed by atoms with Gasteiger partial charge in [0.2, 0.25) is 11.8 Å². The lowest BCUT2D eigenvalue weighted by Crippen LogP contribution is -2.51. The van der Waals surface area contributed by atoms with Gasteiger partial charge in [0.15, 0.2) is 0 Å². The van der Waals surface area contributed by atoms with Gasteiger partial charge in [-0.1, -0.05) is 13.8 Å². The third kappa shape index (κ3) is 4.48. The first-order chi connectivity index (χ1) is 11.9. The van der Waals surface area contributed by atoms with Crippen LogP contribution in [0.2, 0.25) is 0 Å². The number of halogens is 1. The summed E-state index contributed by atoms with van der Waals surface area (Å²) in [5.74, 6) is 0.257. The van der Waals surface area contributed by atoms with E-state index in [4.69, 9.17) is 0 Å². The maximum absolute atomic E-state index is 12.5. The molecule has 0 spiro atoms. The van der Waals surface area contributed by atoms with Gasteiger partial charge in [-0.05, 0) is 22.0 Å². The highest BCUT2D eigenvalue weighted by Gasteiger charge is 2.25. The van der Waals surface area contributed by atoms with Gasteiger partial charge in [-0.2, -0.15) is 0 Å². The van der Waals surface area contributed by atoms with Gasteiger partial charge in [0.25, 0.3) is 0 Å². The molecule has 2 aromatic heterocycles. The average Bonchev–Trinajstić information content (AvgIpc) is 3.23. The van der Waals surface area contributed by atoms with Crippen LogP contribution in [0.25, 0.3) is 9.88 Å². The van der Waals surface area contributed by atoms with Crippen molar-refractivity contribution in [3.05, 3.63) is 27.0 Å². The lowest BCUT2D eigenvalue weighted by atomic mass is 10.1. The van der Waals surface area contributed by atoms with Crippen molar-refractivity contribution in [2.75, 3.05) is 26.2 Å². The number of amides is 2. The highest BCUT2D eigenvalue weighted by Crippen LogP contribution is 2.32. The number of thiophene rings is 1. The van der Waals surface area contributed by atoms with Gasteiger partial charge in [0, 0.05) is 47.3 Å². The molecule has 2 aromatic rings. The van der Waals surface area contributed by atoms with Gasteiger partial charge in [-0.15, -0.1) is 22.7 Å². The van der Waals surface area contributed by atoms with Crippen LogP contribution in [0.15, 0.2) is 21.3 Å². The number of aromatic nitrogens is 1. The number of nitrogens with zero attached hydrogens (tertiary/aromatic N) is 3. The van der Waals surface area contributed by atoms with Gasteiger partial charge in [-0.3, -0.25) is 9.59 Å². The van der Waals surface area contributed by atoms with Crippen molar-refractivity contribution < 1.29 is 9.59 Å². The number of hydrogen-bond donors (Lipinski definition) is 0. The normalized spacial score (nSPS) is 15.0. The number of piperazine rings is 1. The molecule has 0 N–H and O–H groups in total. The topological polar surface area (TPSA) is 53.5 Å². The lowest BCUT2D eigenvalue weighted by Gasteiger charge is -2.35. The molecule has 1 saturated heterocycles. The number of hydrogen-bond acceptors (Lipinski definition) is 5. The molecule has 5 nitrogen and oxygen atoms in total. The fraction of sp³-hybridized carbons (Fsp3) is 0.471. The van der Waals surface area contributed by atoms with Gasteiger partial charge in [-0.25, -0.2) is 4.98 Å². The highest BCUT2D eigenvalue weighted by molar-refractivity contribution is 9.10. The van der Waals surface area contributed by atoms with Crippen molar-refractivity contribution in [2.45, 2.75) is 20.3 Å². The van der Waals surface area contributed by atoms with E-state index in [1.54, 1.807) is 22.7 Å². The summed E-state index contributed by atoms with van der Waals surface area (Å²) in [5, 5.41) is 4.93. The first kappa shape index (κ1) is 18.5. The molecule has 1 aliphatic heterocycles.